The highest BCUT2D eigenvalue weighted by molar-refractivity contribution is 5.70. The van der Waals surface area contributed by atoms with E-state index in [0.29, 0.717) is 12.1 Å². The van der Waals surface area contributed by atoms with E-state index >= 15 is 0 Å². The molecule has 0 aliphatic heterocycles. The summed E-state index contributed by atoms with van der Waals surface area (Å²) in [6, 6.07) is 9.45. The molecule has 8 heteroatoms. The first-order chi connectivity index (χ1) is 14.5. The topological polar surface area (TPSA) is 67.5 Å². The van der Waals surface area contributed by atoms with Crippen LogP contribution >= 0.6 is 0 Å². The van der Waals surface area contributed by atoms with Crippen molar-refractivity contribution in [1.29, 1.82) is 0 Å². The van der Waals surface area contributed by atoms with Crippen LogP contribution < -0.4 is 0 Å². The summed E-state index contributed by atoms with van der Waals surface area (Å²) in [7, 11) is 1.63. The summed E-state index contributed by atoms with van der Waals surface area (Å²) in [6.07, 6.45) is -1.77. The number of benzene rings is 1. The number of allylic oxidation sites excluding steroid dienone is 2. The number of aliphatic hydroxyl groups is 2. The van der Waals surface area contributed by atoms with E-state index in [2.05, 4.69) is 5.10 Å². The molecule has 0 bridgehead atoms. The molecule has 0 amide bonds. The van der Waals surface area contributed by atoms with Crippen molar-refractivity contribution in [3.63, 3.8) is 0 Å². The quantitative estimate of drug-likeness (QED) is 0.667. The van der Waals surface area contributed by atoms with Crippen molar-refractivity contribution in [3.8, 4) is 11.3 Å². The molecule has 1 aromatic carbocycles. The summed E-state index contributed by atoms with van der Waals surface area (Å²) in [5, 5.41) is 24.8. The van der Waals surface area contributed by atoms with Crippen LogP contribution in [0.2, 0.25) is 0 Å². The van der Waals surface area contributed by atoms with Gasteiger partial charge in [0.15, 0.2) is 0 Å². The van der Waals surface area contributed by atoms with Crippen molar-refractivity contribution >= 4 is 5.70 Å². The van der Waals surface area contributed by atoms with Crippen LogP contribution in [0, 0.1) is 6.92 Å². The molecule has 0 radical (unpaired) electrons. The van der Waals surface area contributed by atoms with Gasteiger partial charge in [0.1, 0.15) is 11.7 Å². The highest BCUT2D eigenvalue weighted by Crippen LogP contribution is 2.34. The van der Waals surface area contributed by atoms with Gasteiger partial charge >= 0.3 is 6.18 Å². The van der Waals surface area contributed by atoms with Gasteiger partial charge in [0.2, 0.25) is 0 Å². The standard InChI is InChI=1S/C23H27F3N2O3/c1-15-4-6-16(7-5-15)19-14-20(22(2,30)13-12-21(29)23(24,25)26)27-28(19)17-8-10-18(31-3)11-9-17/h4-10,14,18,21,29-30H,11-13H2,1-3H3/t18-,21?,22?/m1/s1. The van der Waals surface area contributed by atoms with E-state index < -0.39 is 24.3 Å². The van der Waals surface area contributed by atoms with Crippen LogP contribution in [0.15, 0.2) is 48.6 Å². The largest absolute Gasteiger partial charge is 0.414 e. The Balaban J connectivity index is 1.96. The fourth-order valence-corrected chi connectivity index (χ4v) is 3.40. The molecule has 2 aromatic rings. The van der Waals surface area contributed by atoms with Gasteiger partial charge in [-0.3, -0.25) is 0 Å². The van der Waals surface area contributed by atoms with E-state index in [1.807, 2.05) is 49.4 Å². The molecule has 5 nitrogen and oxygen atoms in total. The second-order valence-corrected chi connectivity index (χ2v) is 8.06. The summed E-state index contributed by atoms with van der Waals surface area (Å²) in [6.45, 7) is 3.38. The van der Waals surface area contributed by atoms with Crippen LogP contribution in [-0.4, -0.2) is 45.5 Å². The normalized spacial score (nSPS) is 19.7. The Morgan fingerprint density at radius 3 is 2.48 bits per heavy atom. The van der Waals surface area contributed by atoms with Gasteiger partial charge in [0.05, 0.1) is 23.2 Å². The number of ether oxygens (including phenoxy) is 1. The van der Waals surface area contributed by atoms with Crippen molar-refractivity contribution in [1.82, 2.24) is 9.78 Å². The minimum absolute atomic E-state index is 0.0337. The molecule has 1 aliphatic carbocycles. The van der Waals surface area contributed by atoms with E-state index in [1.165, 1.54) is 6.92 Å². The number of nitrogens with zero attached hydrogens (tertiary/aromatic N) is 2. The molecule has 1 aliphatic rings. The van der Waals surface area contributed by atoms with E-state index in [1.54, 1.807) is 17.9 Å². The van der Waals surface area contributed by atoms with Crippen molar-refractivity contribution in [2.24, 2.45) is 0 Å². The number of methoxy groups -OCH3 is 1. The Labute approximate surface area is 179 Å². The molecule has 0 fully saturated rings. The second kappa shape index (κ2) is 8.98. The van der Waals surface area contributed by atoms with Gasteiger partial charge in [-0.2, -0.15) is 18.3 Å². The average Bonchev–Trinajstić information content (AvgIpc) is 3.18. The molecule has 3 rings (SSSR count). The van der Waals surface area contributed by atoms with E-state index in [-0.39, 0.29) is 18.2 Å². The monoisotopic (exact) mass is 436 g/mol. The van der Waals surface area contributed by atoms with Gasteiger partial charge in [0, 0.05) is 12.7 Å². The first kappa shape index (κ1) is 23.2. The fraction of sp³-hybridized carbons (Fsp3) is 0.435. The molecule has 0 saturated carbocycles. The SMILES string of the molecule is CO[C@@H]1C=CC(n2nc(C(C)(O)CCC(O)C(F)(F)F)cc2-c2ccc(C)cc2)=CC1. The zero-order chi connectivity index (χ0) is 22.8. The Kier molecular flexibility index (Phi) is 6.73. The predicted molar refractivity (Wildman–Crippen MR) is 112 cm³/mol. The maximum Gasteiger partial charge on any atom is 0.414 e. The molecular formula is C23H27F3N2O3. The van der Waals surface area contributed by atoms with Crippen LogP contribution in [0.3, 0.4) is 0 Å². The van der Waals surface area contributed by atoms with Gasteiger partial charge in [0.25, 0.3) is 0 Å². The first-order valence-corrected chi connectivity index (χ1v) is 10.1. The zero-order valence-corrected chi connectivity index (χ0v) is 17.7. The van der Waals surface area contributed by atoms with Crippen molar-refractivity contribution in [2.45, 2.75) is 57.1 Å². The van der Waals surface area contributed by atoms with Crippen molar-refractivity contribution < 1.29 is 28.1 Å². The number of halogens is 3. The summed E-state index contributed by atoms with van der Waals surface area (Å²) in [5.74, 6) is 0. The van der Waals surface area contributed by atoms with Gasteiger partial charge < -0.3 is 14.9 Å². The van der Waals surface area contributed by atoms with Crippen molar-refractivity contribution in [3.05, 3.63) is 59.8 Å². The van der Waals surface area contributed by atoms with E-state index in [0.717, 1.165) is 16.8 Å². The molecule has 3 atom stereocenters. The van der Waals surface area contributed by atoms with E-state index in [4.69, 9.17) is 4.74 Å². The predicted octanol–water partition coefficient (Wildman–Crippen LogP) is 4.59. The number of rotatable bonds is 7. The third-order valence-electron chi connectivity index (χ3n) is 5.48. The van der Waals surface area contributed by atoms with Crippen LogP contribution in [-0.2, 0) is 10.3 Å². The first-order valence-electron chi connectivity index (χ1n) is 10.1. The minimum atomic E-state index is -4.72. The third kappa shape index (κ3) is 5.44. The molecular weight excluding hydrogens is 409 g/mol. The van der Waals surface area contributed by atoms with Crippen LogP contribution in [0.5, 0.6) is 0 Å². The molecule has 2 N–H and O–H groups in total. The second-order valence-electron chi connectivity index (χ2n) is 8.06. The lowest BCUT2D eigenvalue weighted by atomic mass is 9.93. The lowest BCUT2D eigenvalue weighted by molar-refractivity contribution is -0.208. The van der Waals surface area contributed by atoms with Gasteiger partial charge in [-0.25, -0.2) is 4.68 Å². The molecule has 168 valence electrons. The van der Waals surface area contributed by atoms with Crippen molar-refractivity contribution in [2.75, 3.05) is 7.11 Å². The summed E-state index contributed by atoms with van der Waals surface area (Å²) >= 11 is 0. The van der Waals surface area contributed by atoms with E-state index in [9.17, 15) is 23.4 Å². The molecule has 31 heavy (non-hydrogen) atoms. The third-order valence-corrected chi connectivity index (χ3v) is 5.48. The summed E-state index contributed by atoms with van der Waals surface area (Å²) in [5.41, 5.74) is 2.02. The fourth-order valence-electron chi connectivity index (χ4n) is 3.40. The summed E-state index contributed by atoms with van der Waals surface area (Å²) < 4.78 is 45.0. The molecule has 1 heterocycles. The molecule has 1 aromatic heterocycles. The number of hydrogen-bond donors (Lipinski definition) is 2. The van der Waals surface area contributed by atoms with Gasteiger partial charge in [-0.1, -0.05) is 42.0 Å². The zero-order valence-electron chi connectivity index (χ0n) is 17.7. The summed E-state index contributed by atoms with van der Waals surface area (Å²) in [4.78, 5) is 0. The molecule has 0 spiro atoms. The number of hydrogen-bond acceptors (Lipinski definition) is 4. The number of aromatic nitrogens is 2. The number of alkyl halides is 3. The molecule has 0 saturated heterocycles. The Morgan fingerprint density at radius 1 is 1.26 bits per heavy atom. The van der Waals surface area contributed by atoms with Gasteiger partial charge in [-0.15, -0.1) is 0 Å². The van der Waals surface area contributed by atoms with Gasteiger partial charge in [-0.05, 0) is 45.3 Å². The average molecular weight is 436 g/mol. The molecule has 2 unspecified atom stereocenters. The van der Waals surface area contributed by atoms with Crippen LogP contribution in [0.25, 0.3) is 17.0 Å². The lowest BCUT2D eigenvalue weighted by Crippen LogP contribution is -2.32. The van der Waals surface area contributed by atoms with Crippen LogP contribution in [0.1, 0.15) is 37.4 Å². The Morgan fingerprint density at radius 2 is 1.94 bits per heavy atom. The van der Waals surface area contributed by atoms with Crippen LogP contribution in [0.4, 0.5) is 13.2 Å². The highest BCUT2D eigenvalue weighted by atomic mass is 19.4. The number of aliphatic hydroxyl groups excluding tert-OH is 1. The Bertz CT molecular complexity index is 959. The maximum absolute atomic E-state index is 12.7. The number of aryl methyl sites for hydroxylation is 1. The Hall–Kier alpha value is -2.42. The smallest absolute Gasteiger partial charge is 0.384 e. The minimum Gasteiger partial charge on any atom is -0.384 e. The maximum atomic E-state index is 12.7. The highest BCUT2D eigenvalue weighted by Gasteiger charge is 2.40. The lowest BCUT2D eigenvalue weighted by Gasteiger charge is -2.23.